The molecular weight excluding hydrogens is 222 g/mol. The molecule has 2 heterocycles. The van der Waals surface area contributed by atoms with Gasteiger partial charge < -0.3 is 14.6 Å². The van der Waals surface area contributed by atoms with E-state index >= 15 is 0 Å². The Balaban J connectivity index is 2.17. The molecule has 1 amide bonds. The summed E-state index contributed by atoms with van der Waals surface area (Å²) in [5, 5.41) is 8.31. The van der Waals surface area contributed by atoms with Crippen molar-refractivity contribution >= 4 is 23.8 Å². The van der Waals surface area contributed by atoms with Crippen LogP contribution in [0.3, 0.4) is 0 Å². The lowest BCUT2D eigenvalue weighted by Crippen LogP contribution is -2.61. The zero-order chi connectivity index (χ0) is 11.2. The predicted molar refractivity (Wildman–Crippen MR) is 50.8 cm³/mol. The highest BCUT2D eigenvalue weighted by atomic mass is 32.2. The van der Waals surface area contributed by atoms with Crippen molar-refractivity contribution in [2.45, 2.75) is 18.4 Å². The second-order valence-corrected chi connectivity index (χ2v) is 4.43. The van der Waals surface area contributed by atoms with Crippen molar-refractivity contribution in [1.29, 1.82) is 0 Å². The topological polar surface area (TPSA) is 76.1 Å². The molecule has 1 N–H and O–H groups in total. The van der Waals surface area contributed by atoms with Crippen LogP contribution in [-0.4, -0.2) is 40.7 Å². The minimum Gasteiger partial charge on any atom is -0.449 e. The van der Waals surface area contributed by atoms with Gasteiger partial charge in [0.15, 0.2) is 6.10 Å². The first-order valence-corrected chi connectivity index (χ1v) is 5.08. The third-order valence-corrected chi connectivity index (χ3v) is 3.48. The highest BCUT2D eigenvalue weighted by Crippen LogP contribution is 2.47. The molecule has 0 radical (unpaired) electrons. The first-order valence-electron chi connectivity index (χ1n) is 4.20. The summed E-state index contributed by atoms with van der Waals surface area (Å²) in [6, 6.07) is 0. The third-order valence-electron chi connectivity index (χ3n) is 2.25. The van der Waals surface area contributed by atoms with Crippen molar-refractivity contribution in [2.75, 3.05) is 7.11 Å². The Labute approximate surface area is 89.8 Å². The van der Waals surface area contributed by atoms with Crippen molar-refractivity contribution in [3.63, 3.8) is 0 Å². The summed E-state index contributed by atoms with van der Waals surface area (Å²) in [4.78, 5) is 23.9. The molecule has 2 rings (SSSR count). The van der Waals surface area contributed by atoms with Crippen LogP contribution < -0.4 is 0 Å². The van der Waals surface area contributed by atoms with E-state index < -0.39 is 12.3 Å². The van der Waals surface area contributed by atoms with Crippen LogP contribution in [0.2, 0.25) is 0 Å². The van der Waals surface area contributed by atoms with Gasteiger partial charge in [-0.15, -0.1) is 0 Å². The van der Waals surface area contributed by atoms with Crippen LogP contribution >= 0.6 is 11.8 Å². The van der Waals surface area contributed by atoms with Crippen molar-refractivity contribution in [2.24, 2.45) is 0 Å². The highest BCUT2D eigenvalue weighted by molar-refractivity contribution is 8.04. The van der Waals surface area contributed by atoms with Gasteiger partial charge in [-0.1, -0.05) is 11.8 Å². The zero-order valence-corrected chi connectivity index (χ0v) is 8.91. The largest absolute Gasteiger partial charge is 0.512 e. The van der Waals surface area contributed by atoms with Gasteiger partial charge in [0.25, 0.3) is 5.91 Å². The molecule has 7 heteroatoms. The van der Waals surface area contributed by atoms with Gasteiger partial charge in [-0.3, -0.25) is 9.69 Å². The number of rotatable bonds is 2. The van der Waals surface area contributed by atoms with Crippen molar-refractivity contribution in [3.05, 3.63) is 10.8 Å². The van der Waals surface area contributed by atoms with E-state index in [0.717, 1.165) is 0 Å². The van der Waals surface area contributed by atoms with Gasteiger partial charge >= 0.3 is 6.16 Å². The summed E-state index contributed by atoms with van der Waals surface area (Å²) < 4.78 is 9.52. The molecular formula is C8H9NO5S. The van der Waals surface area contributed by atoms with Crippen LogP contribution in [0, 0.1) is 0 Å². The monoisotopic (exact) mass is 231 g/mol. The van der Waals surface area contributed by atoms with E-state index in [1.807, 2.05) is 0 Å². The van der Waals surface area contributed by atoms with Crippen molar-refractivity contribution < 1.29 is 24.2 Å². The molecule has 0 bridgehead atoms. The maximum absolute atomic E-state index is 11.5. The molecule has 2 aliphatic heterocycles. The quantitative estimate of drug-likeness (QED) is 0.559. The first kappa shape index (κ1) is 10.3. The maximum Gasteiger partial charge on any atom is 0.512 e. The minimum absolute atomic E-state index is 0.107. The molecule has 0 aromatic carbocycles. The van der Waals surface area contributed by atoms with Gasteiger partial charge in [0.1, 0.15) is 5.37 Å². The first-order chi connectivity index (χ1) is 7.06. The average molecular weight is 231 g/mol. The molecule has 1 saturated heterocycles. The van der Waals surface area contributed by atoms with Gasteiger partial charge in [-0.2, -0.15) is 0 Å². The molecule has 1 fully saturated rings. The molecule has 15 heavy (non-hydrogen) atoms. The summed E-state index contributed by atoms with van der Waals surface area (Å²) >= 11 is 1.37. The lowest BCUT2D eigenvalue weighted by molar-refractivity contribution is -0.161. The van der Waals surface area contributed by atoms with Crippen LogP contribution in [0.1, 0.15) is 6.92 Å². The van der Waals surface area contributed by atoms with Gasteiger partial charge in [-0.25, -0.2) is 4.79 Å². The van der Waals surface area contributed by atoms with Gasteiger partial charge in [0.2, 0.25) is 5.88 Å². The van der Waals surface area contributed by atoms with E-state index in [2.05, 4.69) is 4.74 Å². The fourth-order valence-electron chi connectivity index (χ4n) is 1.59. The van der Waals surface area contributed by atoms with Gasteiger partial charge in [-0.05, 0) is 6.92 Å². The molecule has 0 aromatic heterocycles. The number of ether oxygens (including phenoxy) is 2. The lowest BCUT2D eigenvalue weighted by atomic mass is 10.1. The van der Waals surface area contributed by atoms with Crippen LogP contribution in [0.5, 0.6) is 0 Å². The van der Waals surface area contributed by atoms with Crippen LogP contribution in [-0.2, 0) is 14.3 Å². The Morgan fingerprint density at radius 2 is 2.27 bits per heavy atom. The molecule has 0 saturated carbocycles. The van der Waals surface area contributed by atoms with Crippen LogP contribution in [0.15, 0.2) is 10.8 Å². The Bertz CT molecular complexity index is 366. The minimum atomic E-state index is -1.42. The summed E-state index contributed by atoms with van der Waals surface area (Å²) in [6.07, 6.45) is -1.92. The standard InChI is InChI=1S/C8H9NO5S/c1-3-6(14-8(11)12)9-5(10)4(13-2)7(9)15-3/h4,7H,1-2H3,(H,11,12)/t4-,7+/m0/s1. The normalized spacial score (nSPS) is 28.9. The lowest BCUT2D eigenvalue weighted by Gasteiger charge is -2.40. The number of hydrogen-bond acceptors (Lipinski definition) is 5. The SMILES string of the molecule is CO[C@H]1C(=O)N2C(OC(=O)O)=C(C)S[C@H]12. The number of amides is 1. The number of β-lactam (4-membered cyclic amide) rings is 1. The number of nitrogens with zero attached hydrogens (tertiary/aromatic N) is 1. The number of methoxy groups -OCH3 is 1. The summed E-state index contributed by atoms with van der Waals surface area (Å²) in [7, 11) is 1.45. The fourth-order valence-corrected chi connectivity index (χ4v) is 2.85. The molecule has 82 valence electrons. The number of carbonyl (C=O) groups is 2. The Morgan fingerprint density at radius 1 is 1.60 bits per heavy atom. The summed E-state index contributed by atoms with van der Waals surface area (Å²) in [5.74, 6) is -0.154. The number of carbonyl (C=O) groups excluding carboxylic acids is 1. The molecule has 0 unspecified atom stereocenters. The van der Waals surface area contributed by atoms with Gasteiger partial charge in [0, 0.05) is 12.0 Å². The Hall–Kier alpha value is -1.21. The van der Waals surface area contributed by atoms with E-state index in [1.165, 1.54) is 23.8 Å². The number of carboxylic acid groups (broad SMARTS) is 1. The number of allylic oxidation sites excluding steroid dienone is 1. The highest BCUT2D eigenvalue weighted by Gasteiger charge is 2.55. The average Bonchev–Trinajstić information content (AvgIpc) is 2.40. The fraction of sp³-hybridized carbons (Fsp3) is 0.500. The van der Waals surface area contributed by atoms with E-state index in [0.29, 0.717) is 4.91 Å². The third kappa shape index (κ3) is 1.38. The molecule has 6 nitrogen and oxygen atoms in total. The maximum atomic E-state index is 11.5. The van der Waals surface area contributed by atoms with Gasteiger partial charge in [0.05, 0.1) is 0 Å². The number of thioether (sulfide) groups is 1. The Morgan fingerprint density at radius 3 is 2.80 bits per heavy atom. The predicted octanol–water partition coefficient (Wildman–Crippen LogP) is 0.800. The smallest absolute Gasteiger partial charge is 0.449 e. The molecule has 2 atom stereocenters. The van der Waals surface area contributed by atoms with E-state index in [9.17, 15) is 9.59 Å². The summed E-state index contributed by atoms with van der Waals surface area (Å²) in [5.41, 5.74) is 0. The number of fused-ring (bicyclic) bond motifs is 1. The molecule has 2 aliphatic rings. The van der Waals surface area contributed by atoms with Crippen molar-refractivity contribution in [3.8, 4) is 0 Å². The van der Waals surface area contributed by atoms with E-state index in [-0.39, 0.29) is 17.2 Å². The van der Waals surface area contributed by atoms with E-state index in [1.54, 1.807) is 6.92 Å². The second kappa shape index (κ2) is 3.42. The second-order valence-electron chi connectivity index (χ2n) is 3.10. The van der Waals surface area contributed by atoms with E-state index in [4.69, 9.17) is 9.84 Å². The molecule has 0 aliphatic carbocycles. The van der Waals surface area contributed by atoms with Crippen LogP contribution in [0.4, 0.5) is 4.79 Å². The Kier molecular flexibility index (Phi) is 2.35. The molecule has 0 spiro atoms. The van der Waals surface area contributed by atoms with Crippen molar-refractivity contribution in [1.82, 2.24) is 4.90 Å². The summed E-state index contributed by atoms with van der Waals surface area (Å²) in [6.45, 7) is 1.71. The molecule has 0 aromatic rings. The number of hydrogen-bond donors (Lipinski definition) is 1. The zero-order valence-electron chi connectivity index (χ0n) is 8.09. The van der Waals surface area contributed by atoms with Crippen LogP contribution in [0.25, 0.3) is 0 Å².